The molecule has 0 bridgehead atoms. The lowest BCUT2D eigenvalue weighted by molar-refractivity contribution is -0.116. The van der Waals surface area contributed by atoms with E-state index in [0.29, 0.717) is 35.5 Å². The molecule has 1 N–H and O–H groups in total. The lowest BCUT2D eigenvalue weighted by atomic mass is 9.90. The minimum Gasteiger partial charge on any atom is -0.462 e. The molecule has 41 heavy (non-hydrogen) atoms. The van der Waals surface area contributed by atoms with Crippen molar-refractivity contribution in [2.24, 2.45) is 5.92 Å². The first-order valence-corrected chi connectivity index (χ1v) is 13.6. The molecule has 8 heteroatoms. The molecular weight excluding hydrogens is 516 g/mol. The van der Waals surface area contributed by atoms with Crippen molar-refractivity contribution in [2.45, 2.75) is 19.8 Å². The molecule has 1 aromatic heterocycles. The molecule has 0 atom stereocenters. The fourth-order valence-corrected chi connectivity index (χ4v) is 4.68. The van der Waals surface area contributed by atoms with E-state index in [4.69, 9.17) is 14.2 Å². The number of carbonyl (C=O) groups excluding carboxylic acids is 1. The zero-order valence-corrected chi connectivity index (χ0v) is 22.9. The van der Waals surface area contributed by atoms with Crippen LogP contribution in [-0.2, 0) is 4.79 Å². The Kier molecular flexibility index (Phi) is 7.36. The van der Waals surface area contributed by atoms with Gasteiger partial charge < -0.3 is 19.5 Å². The molecule has 1 aliphatic rings. The predicted molar refractivity (Wildman–Crippen MR) is 157 cm³/mol. The number of carbonyl (C=O) groups is 1. The van der Waals surface area contributed by atoms with Gasteiger partial charge in [0.15, 0.2) is 17.3 Å². The van der Waals surface area contributed by atoms with Crippen molar-refractivity contribution in [3.63, 3.8) is 0 Å². The van der Waals surface area contributed by atoms with Crippen LogP contribution >= 0.6 is 0 Å². The van der Waals surface area contributed by atoms with Gasteiger partial charge in [-0.3, -0.25) is 4.79 Å². The molecule has 206 valence electrons. The standard InChI is InChI=1S/C33H30N4O4/c1-22(2)20-39-33-35-31(25-13-18-28-29(19-25)41-21-40-28)37(36-33)27-16-14-26(15-17-27)34-32(38)30(23-9-5-3-6-10-23)24-11-7-4-8-12-24/h3-19,22,30H,20-21H2,1-2H3,(H,34,38). The maximum atomic E-state index is 13.6. The summed E-state index contributed by atoms with van der Waals surface area (Å²) >= 11 is 0. The van der Waals surface area contributed by atoms with Gasteiger partial charge in [-0.05, 0) is 59.5 Å². The maximum Gasteiger partial charge on any atom is 0.336 e. The van der Waals surface area contributed by atoms with Crippen molar-refractivity contribution in [1.82, 2.24) is 14.8 Å². The van der Waals surface area contributed by atoms with Crippen LogP contribution < -0.4 is 19.5 Å². The third-order valence-corrected chi connectivity index (χ3v) is 6.67. The first-order chi connectivity index (χ1) is 20.0. The summed E-state index contributed by atoms with van der Waals surface area (Å²) in [6.45, 7) is 4.84. The van der Waals surface area contributed by atoms with Gasteiger partial charge >= 0.3 is 6.01 Å². The Hall–Kier alpha value is -5.11. The van der Waals surface area contributed by atoms with Gasteiger partial charge in [-0.15, -0.1) is 5.10 Å². The summed E-state index contributed by atoms with van der Waals surface area (Å²) in [5.74, 6) is 1.74. The molecule has 0 saturated heterocycles. The van der Waals surface area contributed by atoms with Crippen LogP contribution in [0.25, 0.3) is 17.1 Å². The van der Waals surface area contributed by atoms with E-state index in [1.54, 1.807) is 4.68 Å². The molecule has 6 rings (SSSR count). The molecule has 0 radical (unpaired) electrons. The Bertz CT molecular complexity index is 1590. The summed E-state index contributed by atoms with van der Waals surface area (Å²) in [6.07, 6.45) is 0. The van der Waals surface area contributed by atoms with E-state index in [-0.39, 0.29) is 18.7 Å². The number of aromatic nitrogens is 3. The number of rotatable bonds is 9. The molecule has 4 aromatic carbocycles. The summed E-state index contributed by atoms with van der Waals surface area (Å²) in [4.78, 5) is 18.2. The molecule has 2 heterocycles. The van der Waals surface area contributed by atoms with Crippen LogP contribution in [0.1, 0.15) is 30.9 Å². The zero-order chi connectivity index (χ0) is 28.2. The van der Waals surface area contributed by atoms with Crippen LogP contribution in [0.4, 0.5) is 5.69 Å². The summed E-state index contributed by atoms with van der Waals surface area (Å²) in [7, 11) is 0. The monoisotopic (exact) mass is 546 g/mol. The number of anilines is 1. The number of hydrogen-bond acceptors (Lipinski definition) is 6. The first kappa shape index (κ1) is 26.1. The van der Waals surface area contributed by atoms with Gasteiger partial charge in [0.25, 0.3) is 0 Å². The zero-order valence-electron chi connectivity index (χ0n) is 22.9. The van der Waals surface area contributed by atoms with E-state index < -0.39 is 5.92 Å². The van der Waals surface area contributed by atoms with Crippen LogP contribution in [0, 0.1) is 5.92 Å². The quantitative estimate of drug-likeness (QED) is 0.228. The Morgan fingerprint density at radius 2 is 1.54 bits per heavy atom. The van der Waals surface area contributed by atoms with Gasteiger partial charge in [0, 0.05) is 11.3 Å². The van der Waals surface area contributed by atoms with Crippen molar-refractivity contribution in [3.8, 4) is 34.6 Å². The van der Waals surface area contributed by atoms with Gasteiger partial charge in [-0.1, -0.05) is 74.5 Å². The van der Waals surface area contributed by atoms with Crippen LogP contribution in [-0.4, -0.2) is 34.1 Å². The average Bonchev–Trinajstić information content (AvgIpc) is 3.65. The van der Waals surface area contributed by atoms with Crippen LogP contribution in [0.5, 0.6) is 17.5 Å². The second-order valence-corrected chi connectivity index (χ2v) is 10.2. The minimum atomic E-state index is -0.439. The predicted octanol–water partition coefficient (Wildman–Crippen LogP) is 6.47. The van der Waals surface area contributed by atoms with E-state index >= 15 is 0 Å². The third-order valence-electron chi connectivity index (χ3n) is 6.67. The van der Waals surface area contributed by atoms with Gasteiger partial charge in [-0.25, -0.2) is 4.68 Å². The number of fused-ring (bicyclic) bond motifs is 1. The van der Waals surface area contributed by atoms with Crippen molar-refractivity contribution >= 4 is 11.6 Å². The largest absolute Gasteiger partial charge is 0.462 e. The second-order valence-electron chi connectivity index (χ2n) is 10.2. The lowest BCUT2D eigenvalue weighted by Gasteiger charge is -2.18. The highest BCUT2D eigenvalue weighted by atomic mass is 16.7. The van der Waals surface area contributed by atoms with E-state index in [0.717, 1.165) is 22.4 Å². The van der Waals surface area contributed by atoms with Crippen molar-refractivity contribution in [3.05, 3.63) is 114 Å². The molecule has 0 fully saturated rings. The molecule has 0 unspecified atom stereocenters. The number of benzene rings is 4. The van der Waals surface area contributed by atoms with Gasteiger partial charge in [-0.2, -0.15) is 4.98 Å². The number of nitrogens with one attached hydrogen (secondary N) is 1. The van der Waals surface area contributed by atoms with E-state index in [2.05, 4.69) is 29.2 Å². The number of nitrogens with zero attached hydrogens (tertiary/aromatic N) is 3. The SMILES string of the molecule is CC(C)COc1nc(-c2ccc3c(c2)OCO3)n(-c2ccc(NC(=O)C(c3ccccc3)c3ccccc3)cc2)n1. The molecule has 0 spiro atoms. The number of amides is 1. The molecule has 0 aliphatic carbocycles. The summed E-state index contributed by atoms with van der Waals surface area (Å²) in [6, 6.07) is 33.0. The molecule has 5 aromatic rings. The van der Waals surface area contributed by atoms with Crippen LogP contribution in [0.3, 0.4) is 0 Å². The second kappa shape index (κ2) is 11.6. The highest BCUT2D eigenvalue weighted by molar-refractivity contribution is 5.98. The lowest BCUT2D eigenvalue weighted by Crippen LogP contribution is -2.22. The highest BCUT2D eigenvalue weighted by Gasteiger charge is 2.23. The highest BCUT2D eigenvalue weighted by Crippen LogP contribution is 2.36. The fraction of sp³-hybridized carbons (Fsp3) is 0.182. The van der Waals surface area contributed by atoms with Gasteiger partial charge in [0.1, 0.15) is 0 Å². The summed E-state index contributed by atoms with van der Waals surface area (Å²) in [5, 5.41) is 7.74. The third kappa shape index (κ3) is 5.77. The average molecular weight is 547 g/mol. The maximum absolute atomic E-state index is 13.6. The Labute approximate surface area is 238 Å². The summed E-state index contributed by atoms with van der Waals surface area (Å²) in [5.41, 5.74) is 4.12. The van der Waals surface area contributed by atoms with E-state index in [1.165, 1.54) is 0 Å². The topological polar surface area (TPSA) is 87.5 Å². The molecule has 1 aliphatic heterocycles. The minimum absolute atomic E-state index is 0.110. The Morgan fingerprint density at radius 3 is 2.20 bits per heavy atom. The first-order valence-electron chi connectivity index (χ1n) is 13.6. The molecule has 8 nitrogen and oxygen atoms in total. The molecule has 0 saturated carbocycles. The molecule has 1 amide bonds. The molecular formula is C33H30N4O4. The van der Waals surface area contributed by atoms with Crippen LogP contribution in [0.2, 0.25) is 0 Å². The number of ether oxygens (including phenoxy) is 3. The van der Waals surface area contributed by atoms with Crippen molar-refractivity contribution in [1.29, 1.82) is 0 Å². The Morgan fingerprint density at radius 1 is 0.878 bits per heavy atom. The summed E-state index contributed by atoms with van der Waals surface area (Å²) < 4.78 is 18.6. The van der Waals surface area contributed by atoms with E-state index in [9.17, 15) is 4.79 Å². The Balaban J connectivity index is 1.28. The van der Waals surface area contributed by atoms with Crippen molar-refractivity contribution < 1.29 is 19.0 Å². The van der Waals surface area contributed by atoms with Gasteiger partial charge in [0.05, 0.1) is 18.2 Å². The van der Waals surface area contributed by atoms with E-state index in [1.807, 2.05) is 103 Å². The fourth-order valence-electron chi connectivity index (χ4n) is 4.68. The number of hydrogen-bond donors (Lipinski definition) is 1. The van der Waals surface area contributed by atoms with Gasteiger partial charge in [0.2, 0.25) is 12.7 Å². The van der Waals surface area contributed by atoms with Crippen molar-refractivity contribution in [2.75, 3.05) is 18.7 Å². The smallest absolute Gasteiger partial charge is 0.336 e. The normalized spacial score (nSPS) is 12.1. The van der Waals surface area contributed by atoms with Crippen LogP contribution in [0.15, 0.2) is 103 Å².